The monoisotopic (exact) mass is 681 g/mol. The Bertz CT molecular complexity index is 1700. The summed E-state index contributed by atoms with van der Waals surface area (Å²) >= 11 is 13.1. The van der Waals surface area contributed by atoms with Gasteiger partial charge in [-0.05, 0) is 67.4 Å². The van der Waals surface area contributed by atoms with E-state index in [4.69, 9.17) is 27.9 Å². The first-order valence-electron chi connectivity index (χ1n) is 14.8. The highest BCUT2D eigenvalue weighted by atomic mass is 35.5. The van der Waals surface area contributed by atoms with Crippen molar-refractivity contribution < 1.29 is 22.7 Å². The highest BCUT2D eigenvalue weighted by Crippen LogP contribution is 2.29. The van der Waals surface area contributed by atoms with Gasteiger partial charge in [-0.25, -0.2) is 8.42 Å². The Hall–Kier alpha value is -4.05. The van der Waals surface area contributed by atoms with Crippen molar-refractivity contribution in [1.29, 1.82) is 0 Å². The lowest BCUT2D eigenvalue weighted by atomic mass is 10.0. The van der Waals surface area contributed by atoms with Crippen LogP contribution in [0, 0.1) is 0 Å². The molecule has 0 heterocycles. The van der Waals surface area contributed by atoms with Crippen molar-refractivity contribution in [1.82, 2.24) is 10.2 Å². The normalized spacial score (nSPS) is 12.5. The van der Waals surface area contributed by atoms with Gasteiger partial charge in [0.2, 0.25) is 11.8 Å². The molecule has 4 rings (SSSR count). The van der Waals surface area contributed by atoms with E-state index >= 15 is 0 Å². The first-order valence-corrected chi connectivity index (χ1v) is 17.0. The van der Waals surface area contributed by atoms with E-state index in [1.165, 1.54) is 24.1 Å². The van der Waals surface area contributed by atoms with Gasteiger partial charge in [0.15, 0.2) is 0 Å². The molecule has 4 aromatic carbocycles. The number of hydrogen-bond acceptors (Lipinski definition) is 5. The van der Waals surface area contributed by atoms with E-state index in [9.17, 15) is 18.0 Å². The summed E-state index contributed by atoms with van der Waals surface area (Å²) in [6.45, 7) is 3.11. The minimum atomic E-state index is -4.25. The van der Waals surface area contributed by atoms with E-state index < -0.39 is 28.5 Å². The number of nitrogens with one attached hydrogen (secondary N) is 1. The number of hydrogen-bond donors (Lipinski definition) is 1. The molecule has 0 bridgehead atoms. The standard InChI is InChI=1S/C35H37Cl2N3O5S/c1-4-25(2)38-35(42)33(22-26-12-7-5-8-13-26)39(23-30-31(36)16-11-17-32(30)37)34(41)24-40(27-14-9-6-10-15-27)46(43,44)29-20-18-28(45-3)19-21-29/h5-21,25,33H,4,22-24H2,1-3H3,(H,38,42). The lowest BCUT2D eigenvalue weighted by Crippen LogP contribution is -2.54. The molecule has 1 N–H and O–H groups in total. The second-order valence-corrected chi connectivity index (χ2v) is 13.4. The van der Waals surface area contributed by atoms with Gasteiger partial charge in [-0.1, -0.05) is 84.7 Å². The van der Waals surface area contributed by atoms with Crippen molar-refractivity contribution in [3.63, 3.8) is 0 Å². The summed E-state index contributed by atoms with van der Waals surface area (Å²) in [6, 6.07) is 27.4. The van der Waals surface area contributed by atoms with Crippen molar-refractivity contribution in [2.75, 3.05) is 18.0 Å². The number of para-hydroxylation sites is 1. The molecule has 0 saturated carbocycles. The zero-order chi connectivity index (χ0) is 33.3. The maximum absolute atomic E-state index is 14.6. The largest absolute Gasteiger partial charge is 0.497 e. The van der Waals surface area contributed by atoms with Crippen LogP contribution < -0.4 is 14.4 Å². The zero-order valence-electron chi connectivity index (χ0n) is 25.9. The average Bonchev–Trinajstić information content (AvgIpc) is 3.06. The Morgan fingerprint density at radius 1 is 0.848 bits per heavy atom. The molecule has 0 saturated heterocycles. The summed E-state index contributed by atoms with van der Waals surface area (Å²) in [5, 5.41) is 3.64. The average molecular weight is 683 g/mol. The molecule has 0 aliphatic rings. The Morgan fingerprint density at radius 3 is 2.00 bits per heavy atom. The summed E-state index contributed by atoms with van der Waals surface area (Å²) in [5.41, 5.74) is 1.55. The molecule has 4 aromatic rings. The predicted octanol–water partition coefficient (Wildman–Crippen LogP) is 6.75. The number of anilines is 1. The van der Waals surface area contributed by atoms with Gasteiger partial charge in [0.05, 0.1) is 17.7 Å². The maximum Gasteiger partial charge on any atom is 0.264 e. The molecule has 11 heteroatoms. The summed E-state index contributed by atoms with van der Waals surface area (Å²) in [5.74, 6) is -0.503. The molecular formula is C35H37Cl2N3O5S. The minimum Gasteiger partial charge on any atom is -0.497 e. The summed E-state index contributed by atoms with van der Waals surface area (Å²) in [6.07, 6.45) is 0.851. The van der Waals surface area contributed by atoms with Crippen molar-refractivity contribution in [2.24, 2.45) is 0 Å². The van der Waals surface area contributed by atoms with Crippen LogP contribution in [0.1, 0.15) is 31.4 Å². The third-order valence-electron chi connectivity index (χ3n) is 7.63. The molecule has 0 radical (unpaired) electrons. The predicted molar refractivity (Wildman–Crippen MR) is 183 cm³/mol. The maximum atomic E-state index is 14.6. The zero-order valence-corrected chi connectivity index (χ0v) is 28.2. The van der Waals surface area contributed by atoms with Crippen LogP contribution in [0.25, 0.3) is 0 Å². The van der Waals surface area contributed by atoms with Crippen LogP contribution in [0.4, 0.5) is 5.69 Å². The molecule has 242 valence electrons. The van der Waals surface area contributed by atoms with Crippen molar-refractivity contribution in [3.8, 4) is 5.75 Å². The van der Waals surface area contributed by atoms with Gasteiger partial charge >= 0.3 is 0 Å². The number of sulfonamides is 1. The lowest BCUT2D eigenvalue weighted by molar-refractivity contribution is -0.140. The van der Waals surface area contributed by atoms with Gasteiger partial charge in [0.1, 0.15) is 18.3 Å². The Kier molecular flexibility index (Phi) is 12.1. The van der Waals surface area contributed by atoms with Crippen LogP contribution in [0.3, 0.4) is 0 Å². The van der Waals surface area contributed by atoms with Crippen LogP contribution in [0.15, 0.2) is 108 Å². The third kappa shape index (κ3) is 8.60. The van der Waals surface area contributed by atoms with Crippen LogP contribution in [0.2, 0.25) is 10.0 Å². The van der Waals surface area contributed by atoms with Gasteiger partial charge in [-0.15, -0.1) is 0 Å². The number of carbonyl (C=O) groups excluding carboxylic acids is 2. The molecular weight excluding hydrogens is 645 g/mol. The molecule has 0 fully saturated rings. The van der Waals surface area contributed by atoms with E-state index in [0.29, 0.717) is 27.8 Å². The topological polar surface area (TPSA) is 96.0 Å². The van der Waals surface area contributed by atoms with Crippen LogP contribution in [-0.2, 0) is 32.6 Å². The molecule has 0 spiro atoms. The number of ether oxygens (including phenoxy) is 1. The highest BCUT2D eigenvalue weighted by Gasteiger charge is 2.35. The first-order chi connectivity index (χ1) is 22.0. The van der Waals surface area contributed by atoms with Crippen molar-refractivity contribution >= 4 is 50.7 Å². The number of benzene rings is 4. The molecule has 8 nitrogen and oxygen atoms in total. The smallest absolute Gasteiger partial charge is 0.264 e. The Labute approximate surface area is 280 Å². The fourth-order valence-corrected chi connectivity index (χ4v) is 6.78. The number of amides is 2. The molecule has 2 amide bonds. The molecule has 0 aliphatic carbocycles. The summed E-state index contributed by atoms with van der Waals surface area (Å²) in [7, 11) is -2.76. The second kappa shape index (κ2) is 16.0. The molecule has 46 heavy (non-hydrogen) atoms. The van der Waals surface area contributed by atoms with E-state index in [-0.39, 0.29) is 35.5 Å². The van der Waals surface area contributed by atoms with Gasteiger partial charge in [0, 0.05) is 34.6 Å². The molecule has 2 unspecified atom stereocenters. The fraction of sp³-hybridized carbons (Fsp3) is 0.257. The van der Waals surface area contributed by atoms with E-state index in [2.05, 4.69) is 5.32 Å². The summed E-state index contributed by atoms with van der Waals surface area (Å²) in [4.78, 5) is 29.8. The third-order valence-corrected chi connectivity index (χ3v) is 10.1. The molecule has 0 aromatic heterocycles. The van der Waals surface area contributed by atoms with E-state index in [0.717, 1.165) is 9.87 Å². The fourth-order valence-electron chi connectivity index (χ4n) is 4.85. The quantitative estimate of drug-likeness (QED) is 0.159. The number of methoxy groups -OCH3 is 1. The highest BCUT2D eigenvalue weighted by molar-refractivity contribution is 7.92. The second-order valence-electron chi connectivity index (χ2n) is 10.8. The number of nitrogens with zero attached hydrogens (tertiary/aromatic N) is 2. The van der Waals surface area contributed by atoms with Crippen LogP contribution >= 0.6 is 23.2 Å². The van der Waals surface area contributed by atoms with Crippen molar-refractivity contribution in [3.05, 3.63) is 124 Å². The Balaban J connectivity index is 1.82. The number of carbonyl (C=O) groups is 2. The molecule has 2 atom stereocenters. The minimum absolute atomic E-state index is 0.0269. The van der Waals surface area contributed by atoms with E-state index in [1.54, 1.807) is 60.7 Å². The number of rotatable bonds is 14. The van der Waals surface area contributed by atoms with Crippen LogP contribution in [0.5, 0.6) is 5.75 Å². The Morgan fingerprint density at radius 2 is 1.43 bits per heavy atom. The lowest BCUT2D eigenvalue weighted by Gasteiger charge is -2.34. The van der Waals surface area contributed by atoms with E-state index in [1.807, 2.05) is 44.2 Å². The van der Waals surface area contributed by atoms with Gasteiger partial charge in [0.25, 0.3) is 10.0 Å². The van der Waals surface area contributed by atoms with Gasteiger partial charge < -0.3 is 15.0 Å². The SMILES string of the molecule is CCC(C)NC(=O)C(Cc1ccccc1)N(Cc1c(Cl)cccc1Cl)C(=O)CN(c1ccccc1)S(=O)(=O)c1ccc(OC)cc1. The van der Waals surface area contributed by atoms with Gasteiger partial charge in [-0.3, -0.25) is 13.9 Å². The van der Waals surface area contributed by atoms with Crippen LogP contribution in [-0.4, -0.2) is 50.9 Å². The summed E-state index contributed by atoms with van der Waals surface area (Å²) < 4.78 is 34.5. The van der Waals surface area contributed by atoms with Gasteiger partial charge in [-0.2, -0.15) is 0 Å². The first kappa shape index (κ1) is 34.8. The molecule has 0 aliphatic heterocycles. The van der Waals surface area contributed by atoms with Crippen molar-refractivity contribution in [2.45, 2.75) is 50.2 Å². The number of halogens is 2.